The minimum absolute atomic E-state index is 0. The molecule has 2 aromatic rings. The van der Waals surface area contributed by atoms with Gasteiger partial charge in [-0.2, -0.15) is 11.2 Å². The summed E-state index contributed by atoms with van der Waals surface area (Å²) in [5, 5.41) is 4.06. The molecule has 4 nitrogen and oxygen atoms in total. The Hall–Kier alpha value is -1.65. The van der Waals surface area contributed by atoms with Gasteiger partial charge in [-0.15, -0.1) is 5.56 Å². The van der Waals surface area contributed by atoms with Gasteiger partial charge in [0.15, 0.2) is 0 Å². The van der Waals surface area contributed by atoms with Gasteiger partial charge in [0.25, 0.3) is 0 Å². The third-order valence-electron chi connectivity index (χ3n) is 2.45. The summed E-state index contributed by atoms with van der Waals surface area (Å²) in [4.78, 5) is 14.4. The van der Waals surface area contributed by atoms with Gasteiger partial charge in [0.2, 0.25) is 0 Å². The predicted octanol–water partition coefficient (Wildman–Crippen LogP) is 4.68. The van der Waals surface area contributed by atoms with E-state index in [1.54, 1.807) is 30.7 Å². The summed E-state index contributed by atoms with van der Waals surface area (Å²) in [6.07, 6.45) is 6.67. The Balaban J connectivity index is 0. The Bertz CT molecular complexity index is 593. The van der Waals surface area contributed by atoms with E-state index >= 15 is 0 Å². The van der Waals surface area contributed by atoms with Crippen molar-refractivity contribution in [3.05, 3.63) is 65.9 Å². The van der Waals surface area contributed by atoms with Crippen LogP contribution in [-0.4, -0.2) is 17.5 Å². The molecule has 2 rings (SSSR count). The molecule has 0 atom stereocenters. The number of hydrogen-bond donors (Lipinski definition) is 1. The molecule has 0 aliphatic carbocycles. The quantitative estimate of drug-likeness (QED) is 0.451. The van der Waals surface area contributed by atoms with Crippen molar-refractivity contribution in [3.63, 3.8) is 0 Å². The number of hydrazone groups is 1. The van der Waals surface area contributed by atoms with Crippen molar-refractivity contribution < 1.29 is 37.5 Å². The normalized spacial score (nSPS) is 8.67. The molecule has 24 heavy (non-hydrogen) atoms. The van der Waals surface area contributed by atoms with E-state index in [0.717, 1.165) is 11.1 Å². The van der Waals surface area contributed by atoms with Crippen LogP contribution in [0.2, 0.25) is 0 Å². The van der Waals surface area contributed by atoms with Crippen molar-refractivity contribution in [3.8, 4) is 0 Å². The van der Waals surface area contributed by atoms with Crippen LogP contribution in [0.4, 0.5) is 5.82 Å². The smallest absolute Gasteiger partial charge is 0.121 e. The molecule has 0 bridgehead atoms. The second-order valence-corrected chi connectivity index (χ2v) is 3.77. The van der Waals surface area contributed by atoms with Gasteiger partial charge in [-0.1, -0.05) is 76.9 Å². The van der Waals surface area contributed by atoms with Gasteiger partial charge < -0.3 is 9.78 Å². The topological polar surface area (TPSA) is 54.4 Å². The zero-order valence-electron chi connectivity index (χ0n) is 14.8. The molecule has 0 spiro atoms. The van der Waals surface area contributed by atoms with Gasteiger partial charge in [-0.25, -0.2) is 0 Å². The van der Waals surface area contributed by atoms with Crippen molar-refractivity contribution in [2.24, 2.45) is 5.10 Å². The van der Waals surface area contributed by atoms with Crippen LogP contribution < -0.4 is 5.43 Å². The molecule has 1 radical (unpaired) electrons. The summed E-state index contributed by atoms with van der Waals surface area (Å²) in [5.74, 6) is 0.568. The van der Waals surface area contributed by atoms with Gasteiger partial charge in [0, 0.05) is 32.7 Å². The molecule has 0 aliphatic heterocycles. The van der Waals surface area contributed by atoms with E-state index in [2.05, 4.69) is 22.1 Å². The number of pyridine rings is 1. The van der Waals surface area contributed by atoms with E-state index in [1.165, 1.54) is 6.20 Å². The average Bonchev–Trinajstić information content (AvgIpc) is 2.66. The Kier molecular flexibility index (Phi) is 16.6. The minimum atomic E-state index is 0. The largest absolute Gasteiger partial charge is 0.376 e. The minimum Gasteiger partial charge on any atom is -0.376 e. The number of aromatic nitrogens is 1. The summed E-state index contributed by atoms with van der Waals surface area (Å²) >= 11 is 0. The molecule has 1 aromatic heterocycles. The third kappa shape index (κ3) is 9.48. The number of carbonyl (C=O) groups excluding carboxylic acids is 1. The van der Waals surface area contributed by atoms with Gasteiger partial charge in [0.1, 0.15) is 5.82 Å². The molecule has 0 saturated heterocycles. The molecule has 1 N–H and O–H groups in total. The van der Waals surface area contributed by atoms with Gasteiger partial charge in [-0.05, 0) is 11.1 Å². The van der Waals surface area contributed by atoms with Crippen molar-refractivity contribution in [2.45, 2.75) is 27.7 Å². The van der Waals surface area contributed by atoms with Crippen LogP contribution in [-0.2, 0) is 37.5 Å². The standard InChI is InChI=1S/C15H12N3O.2C2H6.Y/c1-2-12-3-5-13(6-4-12)10-17-18-15-8-7-14(11-19)9-16-15;2*1-2;/h2-10H,1H2,(H,16,18);2*1-2H3;/q-1;;;/b17-10+;;;. The fourth-order valence-corrected chi connectivity index (χ4v) is 1.41. The Labute approximate surface area is 170 Å². The molecule has 0 amide bonds. The molecular formula is C19H24N3OY-. The fraction of sp³-hybridized carbons (Fsp3) is 0.211. The molecule has 5 heteroatoms. The zero-order valence-corrected chi connectivity index (χ0v) is 17.6. The van der Waals surface area contributed by atoms with Crippen LogP contribution in [0, 0.1) is 0 Å². The number of hydrogen-bond acceptors (Lipinski definition) is 4. The number of anilines is 1. The third-order valence-corrected chi connectivity index (χ3v) is 2.45. The van der Waals surface area contributed by atoms with Crippen molar-refractivity contribution in [1.82, 2.24) is 4.98 Å². The summed E-state index contributed by atoms with van der Waals surface area (Å²) < 4.78 is 0. The van der Waals surface area contributed by atoms with Gasteiger partial charge in [-0.3, -0.25) is 5.43 Å². The van der Waals surface area contributed by atoms with E-state index in [4.69, 9.17) is 0 Å². The fourth-order valence-electron chi connectivity index (χ4n) is 1.41. The number of nitrogens with zero attached hydrogens (tertiary/aromatic N) is 2. The van der Waals surface area contributed by atoms with Crippen LogP contribution in [0.1, 0.15) is 44.4 Å². The van der Waals surface area contributed by atoms with Crippen molar-refractivity contribution in [2.75, 3.05) is 5.43 Å². The molecule has 1 aromatic carbocycles. The second kappa shape index (κ2) is 16.2. The number of rotatable bonds is 5. The van der Waals surface area contributed by atoms with Crippen LogP contribution >= 0.6 is 0 Å². The second-order valence-electron chi connectivity index (χ2n) is 3.77. The molecule has 0 fully saturated rings. The van der Waals surface area contributed by atoms with Crippen LogP contribution in [0.15, 0.2) is 54.3 Å². The number of nitrogens with one attached hydrogen (secondary N) is 1. The summed E-state index contributed by atoms with van der Waals surface area (Å²) in [6, 6.07) is 11.1. The van der Waals surface area contributed by atoms with Crippen molar-refractivity contribution in [1.29, 1.82) is 0 Å². The maximum atomic E-state index is 10.3. The molecular weight excluding hydrogens is 375 g/mol. The van der Waals surface area contributed by atoms with Gasteiger partial charge >= 0.3 is 0 Å². The van der Waals surface area contributed by atoms with Gasteiger partial charge in [0.05, 0.1) is 12.5 Å². The summed E-state index contributed by atoms with van der Waals surface area (Å²) in [5.41, 5.74) is 5.22. The number of benzene rings is 1. The Morgan fingerprint density at radius 2 is 1.62 bits per heavy atom. The monoisotopic (exact) mass is 399 g/mol. The maximum absolute atomic E-state index is 10.3. The van der Waals surface area contributed by atoms with E-state index in [9.17, 15) is 4.79 Å². The predicted molar refractivity (Wildman–Crippen MR) is 99.5 cm³/mol. The first-order valence-electron chi connectivity index (χ1n) is 7.67. The first-order chi connectivity index (χ1) is 11.3. The maximum Gasteiger partial charge on any atom is 0.121 e. The van der Waals surface area contributed by atoms with E-state index in [1.807, 2.05) is 52.0 Å². The van der Waals surface area contributed by atoms with Crippen LogP contribution in [0.25, 0.3) is 6.08 Å². The first kappa shape index (κ1) is 24.6. The van der Waals surface area contributed by atoms with E-state index in [-0.39, 0.29) is 32.7 Å². The molecule has 0 unspecified atom stereocenters. The Morgan fingerprint density at radius 1 is 1.04 bits per heavy atom. The van der Waals surface area contributed by atoms with Crippen LogP contribution in [0.5, 0.6) is 0 Å². The molecule has 1 heterocycles. The Morgan fingerprint density at radius 3 is 2.08 bits per heavy atom. The van der Waals surface area contributed by atoms with E-state index in [0.29, 0.717) is 11.4 Å². The summed E-state index contributed by atoms with van der Waals surface area (Å²) in [6.45, 7) is 11.7. The zero-order chi connectivity index (χ0) is 17.5. The first-order valence-corrected chi connectivity index (χ1v) is 7.67. The average molecular weight is 399 g/mol. The molecule has 0 aliphatic rings. The van der Waals surface area contributed by atoms with E-state index < -0.39 is 0 Å². The van der Waals surface area contributed by atoms with Crippen LogP contribution in [0.3, 0.4) is 0 Å². The SMILES string of the molecule is C=Cc1ccc(/C=N/Nc2ccc([C-]=O)cn2)cc1.CC.CC.[Y]. The summed E-state index contributed by atoms with van der Waals surface area (Å²) in [7, 11) is 0. The molecule has 0 saturated carbocycles. The van der Waals surface area contributed by atoms with Crippen molar-refractivity contribution >= 4 is 24.4 Å². The molecule has 125 valence electrons.